The van der Waals surface area contributed by atoms with E-state index in [1.165, 1.54) is 98.7 Å². The van der Waals surface area contributed by atoms with Crippen LogP contribution in [0.2, 0.25) is 0 Å². The van der Waals surface area contributed by atoms with E-state index >= 15 is 0 Å². The zero-order valence-corrected chi connectivity index (χ0v) is 41.7. The SMILES string of the molecule is c1ccc(N(c2ccc(-c3ccc4c(c3-c3ccc(N(c5ccccc5)c5ccc6c(c5)sc5ccccc56)cc3)C3(c5ccccc5-4)C4CC5CC6CC3C564)cc2)c2ccc3c(c2)sc2ccccc23)cc1. The second kappa shape index (κ2) is 14.9. The first kappa shape index (κ1) is 40.8. The summed E-state index contributed by atoms with van der Waals surface area (Å²) < 4.78 is 5.27. The van der Waals surface area contributed by atoms with Gasteiger partial charge < -0.3 is 9.80 Å². The molecule has 4 fully saturated rings. The summed E-state index contributed by atoms with van der Waals surface area (Å²) in [4.78, 5) is 4.86. The molecule has 346 valence electrons. The Morgan fingerprint density at radius 3 is 1.36 bits per heavy atom. The van der Waals surface area contributed by atoms with E-state index in [-0.39, 0.29) is 5.41 Å². The molecule has 2 heterocycles. The van der Waals surface area contributed by atoms with Gasteiger partial charge in [0.1, 0.15) is 0 Å². The molecule has 17 rings (SSSR count). The first-order chi connectivity index (χ1) is 36.2. The summed E-state index contributed by atoms with van der Waals surface area (Å²) in [6, 6.07) is 87.0. The molecule has 2 aromatic heterocycles. The van der Waals surface area contributed by atoms with Crippen LogP contribution in [0.4, 0.5) is 34.1 Å². The van der Waals surface area contributed by atoms with Crippen LogP contribution in [-0.4, -0.2) is 0 Å². The minimum absolute atomic E-state index is 0.0500. The highest BCUT2D eigenvalue weighted by atomic mass is 32.1. The summed E-state index contributed by atoms with van der Waals surface area (Å²) in [6.07, 6.45) is 4.21. The maximum atomic E-state index is 2.52. The van der Waals surface area contributed by atoms with Crippen LogP contribution >= 0.6 is 22.7 Å². The number of rotatable bonds is 8. The molecule has 4 unspecified atom stereocenters. The van der Waals surface area contributed by atoms with Crippen LogP contribution in [0.3, 0.4) is 0 Å². The number of thiophene rings is 2. The summed E-state index contributed by atoms with van der Waals surface area (Å²) in [5, 5.41) is 5.29. The minimum atomic E-state index is 0.0500. The zero-order valence-electron chi connectivity index (χ0n) is 40.1. The van der Waals surface area contributed by atoms with Crippen molar-refractivity contribution in [1.82, 2.24) is 0 Å². The summed E-state index contributed by atoms with van der Waals surface area (Å²) in [7, 11) is 0. The van der Waals surface area contributed by atoms with Crippen molar-refractivity contribution >= 4 is 97.1 Å². The van der Waals surface area contributed by atoms with Gasteiger partial charge in [-0.1, -0.05) is 146 Å². The van der Waals surface area contributed by atoms with Crippen molar-refractivity contribution in [3.8, 4) is 33.4 Å². The number of benzene rings is 10. The van der Waals surface area contributed by atoms with Gasteiger partial charge in [-0.2, -0.15) is 0 Å². The average Bonchev–Trinajstić information content (AvgIpc) is 4.13. The van der Waals surface area contributed by atoms with Gasteiger partial charge in [0.2, 0.25) is 0 Å². The molecule has 0 aliphatic heterocycles. The van der Waals surface area contributed by atoms with Gasteiger partial charge in [0, 0.05) is 79.9 Å². The van der Waals surface area contributed by atoms with Gasteiger partial charge in [-0.25, -0.2) is 0 Å². The summed E-state index contributed by atoms with van der Waals surface area (Å²) in [5.41, 5.74) is 19.0. The van der Waals surface area contributed by atoms with Crippen molar-refractivity contribution in [3.63, 3.8) is 0 Å². The van der Waals surface area contributed by atoms with Crippen molar-refractivity contribution < 1.29 is 0 Å². The van der Waals surface area contributed by atoms with Gasteiger partial charge in [0.05, 0.1) is 0 Å². The molecule has 0 amide bonds. The maximum absolute atomic E-state index is 2.52. The van der Waals surface area contributed by atoms with E-state index in [0.29, 0.717) is 5.41 Å². The topological polar surface area (TPSA) is 6.48 Å². The number of anilines is 6. The Hall–Kier alpha value is -7.76. The first-order valence-electron chi connectivity index (χ1n) is 26.2. The van der Waals surface area contributed by atoms with E-state index in [1.807, 2.05) is 22.7 Å². The predicted molar refractivity (Wildman–Crippen MR) is 309 cm³/mol. The van der Waals surface area contributed by atoms with Gasteiger partial charge in [0.25, 0.3) is 0 Å². The fourth-order valence-electron chi connectivity index (χ4n) is 15.9. The Morgan fingerprint density at radius 2 is 0.795 bits per heavy atom. The fourth-order valence-corrected chi connectivity index (χ4v) is 18.2. The van der Waals surface area contributed by atoms with Crippen LogP contribution in [0.25, 0.3) is 73.7 Å². The molecule has 10 aromatic carbocycles. The van der Waals surface area contributed by atoms with Crippen molar-refractivity contribution in [2.45, 2.75) is 24.7 Å². The van der Waals surface area contributed by atoms with Crippen LogP contribution in [0, 0.1) is 29.1 Å². The predicted octanol–water partition coefficient (Wildman–Crippen LogP) is 19.6. The lowest BCUT2D eigenvalue weighted by atomic mass is 9.11. The van der Waals surface area contributed by atoms with E-state index in [0.717, 1.165) is 52.1 Å². The molecule has 5 aliphatic rings. The van der Waals surface area contributed by atoms with E-state index in [1.54, 1.807) is 11.1 Å². The maximum Gasteiger partial charge on any atom is 0.0476 e. The molecule has 0 radical (unpaired) electrons. The lowest BCUT2D eigenvalue weighted by Gasteiger charge is -2.92. The molecule has 0 saturated heterocycles. The van der Waals surface area contributed by atoms with Crippen LogP contribution in [0.1, 0.15) is 30.4 Å². The third-order valence-electron chi connectivity index (χ3n) is 18.7. The monoisotopic (exact) mass is 968 g/mol. The third kappa shape index (κ3) is 5.32. The van der Waals surface area contributed by atoms with Crippen molar-refractivity contribution in [2.75, 3.05) is 9.80 Å². The first-order valence-corrected chi connectivity index (χ1v) is 27.8. The number of fused-ring (bicyclic) bond motifs is 13. The Balaban J connectivity index is 0.829. The van der Waals surface area contributed by atoms with Crippen molar-refractivity contribution in [3.05, 3.63) is 242 Å². The van der Waals surface area contributed by atoms with E-state index < -0.39 is 0 Å². The summed E-state index contributed by atoms with van der Waals surface area (Å²) >= 11 is 3.76. The number of nitrogens with zero attached hydrogens (tertiary/aromatic N) is 2. The highest BCUT2D eigenvalue weighted by molar-refractivity contribution is 7.26. The second-order valence-corrected chi connectivity index (χ2v) is 23.7. The lowest BCUT2D eigenvalue weighted by Crippen LogP contribution is -2.88. The highest BCUT2D eigenvalue weighted by Crippen LogP contribution is 2.95. The molecule has 0 N–H and O–H groups in total. The third-order valence-corrected chi connectivity index (χ3v) is 21.0. The van der Waals surface area contributed by atoms with Gasteiger partial charge >= 0.3 is 0 Å². The van der Waals surface area contributed by atoms with Crippen LogP contribution < -0.4 is 9.80 Å². The van der Waals surface area contributed by atoms with Crippen molar-refractivity contribution in [2.24, 2.45) is 29.1 Å². The van der Waals surface area contributed by atoms with E-state index in [2.05, 4.69) is 240 Å². The number of para-hydroxylation sites is 2. The molecule has 5 aliphatic carbocycles. The zero-order chi connectivity index (χ0) is 47.6. The summed E-state index contributed by atoms with van der Waals surface area (Å²) in [6.45, 7) is 0. The lowest BCUT2D eigenvalue weighted by molar-refractivity contribution is -0.412. The smallest absolute Gasteiger partial charge is 0.0476 e. The Labute approximate surface area is 433 Å². The average molecular weight is 969 g/mol. The fraction of sp³-hybridized carbons (Fsp3) is 0.130. The number of hydrogen-bond acceptors (Lipinski definition) is 4. The largest absolute Gasteiger partial charge is 0.310 e. The molecule has 4 saturated carbocycles. The standard InChI is InChI=1S/C69H48N2S2/c1-3-13-46(14-4-1)70(50-31-33-56-54-18-8-11-21-60(54)72-62(56)40-50)48-27-23-42(24-28-48)52-35-36-58-53-17-7-10-20-59(53)69(64-38-44-37-45-39-65(69)68(44,45)64)67(58)66(52)43-25-29-49(30-26-43)71(47-15-5-2-6-16-47)51-32-34-57-55-19-9-12-22-61(55)73-63(57)41-51/h1-36,40-41,44-45,64-65H,37-39H2. The van der Waals surface area contributed by atoms with Gasteiger partial charge in [0.15, 0.2) is 0 Å². The molecular formula is C69H48N2S2. The molecule has 12 aromatic rings. The van der Waals surface area contributed by atoms with Crippen LogP contribution in [-0.2, 0) is 5.41 Å². The number of hydrogen-bond donors (Lipinski definition) is 0. The molecule has 4 atom stereocenters. The van der Waals surface area contributed by atoms with Crippen molar-refractivity contribution in [1.29, 1.82) is 0 Å². The Kier molecular flexibility index (Phi) is 8.34. The van der Waals surface area contributed by atoms with Crippen LogP contribution in [0.5, 0.6) is 0 Å². The van der Waals surface area contributed by atoms with Gasteiger partial charge in [-0.05, 0) is 178 Å². The van der Waals surface area contributed by atoms with E-state index in [4.69, 9.17) is 0 Å². The van der Waals surface area contributed by atoms with Gasteiger partial charge in [-0.15, -0.1) is 22.7 Å². The van der Waals surface area contributed by atoms with Gasteiger partial charge in [-0.3, -0.25) is 0 Å². The Bertz CT molecular complexity index is 4200. The van der Waals surface area contributed by atoms with E-state index in [9.17, 15) is 0 Å². The molecule has 0 bridgehead atoms. The Morgan fingerprint density at radius 1 is 0.342 bits per heavy atom. The second-order valence-electron chi connectivity index (χ2n) is 21.5. The highest BCUT2D eigenvalue weighted by Gasteiger charge is 2.90. The minimum Gasteiger partial charge on any atom is -0.310 e. The molecular weight excluding hydrogens is 921 g/mol. The molecule has 73 heavy (non-hydrogen) atoms. The molecule has 2 nitrogen and oxygen atoms in total. The summed E-state index contributed by atoms with van der Waals surface area (Å²) in [5.74, 6) is 3.31. The molecule has 2 spiro atoms. The molecule has 4 heteroatoms. The normalized spacial score (nSPS) is 22.5. The quantitative estimate of drug-likeness (QED) is 0.150. The van der Waals surface area contributed by atoms with Crippen LogP contribution in [0.15, 0.2) is 231 Å².